The molecule has 0 bridgehead atoms. The van der Waals surface area contributed by atoms with E-state index in [0.29, 0.717) is 23.7 Å². The van der Waals surface area contributed by atoms with Crippen LogP contribution in [0.1, 0.15) is 72.6 Å². The summed E-state index contributed by atoms with van der Waals surface area (Å²) in [4.78, 5) is 12.0. The largest absolute Gasteiger partial charge is 0.466 e. The molecule has 1 heterocycles. The molecule has 9 atom stereocenters. The molecular formula is C25H39NO4. The van der Waals surface area contributed by atoms with Crippen LogP contribution in [0.25, 0.3) is 0 Å². The van der Waals surface area contributed by atoms with E-state index in [1.54, 1.807) is 6.08 Å². The van der Waals surface area contributed by atoms with Crippen LogP contribution in [-0.4, -0.2) is 37.1 Å². The predicted molar refractivity (Wildman–Crippen MR) is 114 cm³/mol. The number of carbonyl (C=O) groups excluding carboxylic acids is 1. The van der Waals surface area contributed by atoms with Crippen molar-refractivity contribution in [1.82, 2.24) is 0 Å². The van der Waals surface area contributed by atoms with Gasteiger partial charge in [0.15, 0.2) is 5.79 Å². The van der Waals surface area contributed by atoms with Gasteiger partial charge in [-0.1, -0.05) is 19.4 Å². The Kier molecular flexibility index (Phi) is 4.75. The van der Waals surface area contributed by atoms with Crippen molar-refractivity contribution in [2.24, 2.45) is 40.2 Å². The summed E-state index contributed by atoms with van der Waals surface area (Å²) in [6, 6.07) is 0.280. The number of esters is 1. The molecule has 0 aromatic heterocycles. The van der Waals surface area contributed by atoms with Crippen molar-refractivity contribution in [2.45, 2.75) is 96.7 Å². The standard InChI is InChI=1S/C25H39NO4/c1-23(2)29-21-18-13-15(26)8-10-25(18,4)17-9-11-24(3)14(12-19(27)28-5)6-7-16(24)20(17)22(21)30-23/h12,15-18,20-22H,6-11,13,26H2,1-5H3/t15-,16?,17?,18?,20?,21-,22-,24-,25-/m1/s1. The summed E-state index contributed by atoms with van der Waals surface area (Å²) in [5.41, 5.74) is 8.06. The first-order valence-corrected chi connectivity index (χ1v) is 12.0. The van der Waals surface area contributed by atoms with Gasteiger partial charge in [0.2, 0.25) is 0 Å². The number of ether oxygens (including phenoxy) is 3. The van der Waals surface area contributed by atoms with Crippen molar-refractivity contribution in [3.8, 4) is 0 Å². The Labute approximate surface area is 181 Å². The van der Waals surface area contributed by atoms with Gasteiger partial charge in [-0.15, -0.1) is 0 Å². The van der Waals surface area contributed by atoms with Crippen LogP contribution in [0.15, 0.2) is 11.6 Å². The Balaban J connectivity index is 1.55. The first-order valence-electron chi connectivity index (χ1n) is 12.0. The first kappa shape index (κ1) is 21.0. The molecule has 5 fully saturated rings. The molecule has 2 N–H and O–H groups in total. The van der Waals surface area contributed by atoms with Gasteiger partial charge in [-0.25, -0.2) is 4.79 Å². The normalized spacial score (nSPS) is 52.9. The lowest BCUT2D eigenvalue weighted by molar-refractivity contribution is -0.173. The van der Waals surface area contributed by atoms with E-state index >= 15 is 0 Å². The number of allylic oxidation sites excluding steroid dienone is 1. The Morgan fingerprint density at radius 3 is 2.50 bits per heavy atom. The van der Waals surface area contributed by atoms with Crippen LogP contribution < -0.4 is 5.73 Å². The molecule has 4 aliphatic carbocycles. The van der Waals surface area contributed by atoms with Crippen LogP contribution >= 0.6 is 0 Å². The minimum Gasteiger partial charge on any atom is -0.466 e. The lowest BCUT2D eigenvalue weighted by Crippen LogP contribution is -2.63. The minimum absolute atomic E-state index is 0.0598. The van der Waals surface area contributed by atoms with E-state index in [-0.39, 0.29) is 35.0 Å². The fourth-order valence-electron chi connectivity index (χ4n) is 8.50. The highest BCUT2D eigenvalue weighted by atomic mass is 16.8. The zero-order valence-electron chi connectivity index (χ0n) is 19.3. The maximum atomic E-state index is 12.0. The predicted octanol–water partition coefficient (Wildman–Crippen LogP) is 4.20. The maximum Gasteiger partial charge on any atom is 0.330 e. The molecule has 0 amide bonds. The van der Waals surface area contributed by atoms with Gasteiger partial charge in [-0.05, 0) is 93.3 Å². The van der Waals surface area contributed by atoms with E-state index in [9.17, 15) is 4.79 Å². The Morgan fingerprint density at radius 2 is 1.77 bits per heavy atom. The number of carbonyl (C=O) groups is 1. The van der Waals surface area contributed by atoms with E-state index in [2.05, 4.69) is 27.7 Å². The van der Waals surface area contributed by atoms with Gasteiger partial charge in [0.1, 0.15) is 0 Å². The third kappa shape index (κ3) is 2.87. The van der Waals surface area contributed by atoms with Crippen molar-refractivity contribution in [3.63, 3.8) is 0 Å². The lowest BCUT2D eigenvalue weighted by Gasteiger charge is -2.63. The quantitative estimate of drug-likeness (QED) is 0.511. The smallest absolute Gasteiger partial charge is 0.330 e. The van der Waals surface area contributed by atoms with Crippen LogP contribution in [-0.2, 0) is 19.0 Å². The van der Waals surface area contributed by atoms with Crippen LogP contribution in [0, 0.1) is 34.5 Å². The third-order valence-electron chi connectivity index (χ3n) is 9.92. The summed E-state index contributed by atoms with van der Waals surface area (Å²) in [6.45, 7) is 9.05. The van der Waals surface area contributed by atoms with Crippen molar-refractivity contribution < 1.29 is 19.0 Å². The molecule has 0 aromatic rings. The monoisotopic (exact) mass is 417 g/mol. The van der Waals surface area contributed by atoms with E-state index in [4.69, 9.17) is 19.9 Å². The highest BCUT2D eigenvalue weighted by Crippen LogP contribution is 2.69. The Morgan fingerprint density at radius 1 is 1.03 bits per heavy atom. The second-order valence-electron chi connectivity index (χ2n) is 11.7. The van der Waals surface area contributed by atoms with Gasteiger partial charge < -0.3 is 19.9 Å². The number of methoxy groups -OCH3 is 1. The molecule has 5 aliphatic rings. The first-order chi connectivity index (χ1) is 14.1. The molecule has 30 heavy (non-hydrogen) atoms. The topological polar surface area (TPSA) is 70.8 Å². The van der Waals surface area contributed by atoms with E-state index in [1.807, 2.05) is 0 Å². The number of hydrogen-bond acceptors (Lipinski definition) is 5. The highest BCUT2D eigenvalue weighted by molar-refractivity contribution is 5.83. The summed E-state index contributed by atoms with van der Waals surface area (Å²) >= 11 is 0. The highest BCUT2D eigenvalue weighted by Gasteiger charge is 2.67. The van der Waals surface area contributed by atoms with Gasteiger partial charge in [-0.3, -0.25) is 0 Å². The number of fused-ring (bicyclic) bond motifs is 8. The second-order valence-corrected chi connectivity index (χ2v) is 11.7. The van der Waals surface area contributed by atoms with Gasteiger partial charge in [-0.2, -0.15) is 0 Å². The SMILES string of the molecule is COC(=O)C=C1CCC2C3C(CC[C@]12C)[C@@]1(C)CC[C@@H](N)CC1[C@H]1OC(C)(C)O[C@H]31. The van der Waals surface area contributed by atoms with Crippen LogP contribution in [0.5, 0.6) is 0 Å². The third-order valence-corrected chi connectivity index (χ3v) is 9.92. The van der Waals surface area contributed by atoms with Crippen LogP contribution in [0.4, 0.5) is 0 Å². The Bertz CT molecular complexity index is 762. The molecule has 1 aliphatic heterocycles. The summed E-state index contributed by atoms with van der Waals surface area (Å²) < 4.78 is 18.2. The molecule has 1 saturated heterocycles. The molecule has 0 radical (unpaired) electrons. The summed E-state index contributed by atoms with van der Waals surface area (Å²) in [5.74, 6) is 1.38. The minimum atomic E-state index is -0.538. The maximum absolute atomic E-state index is 12.0. The molecular weight excluding hydrogens is 378 g/mol. The average molecular weight is 418 g/mol. The van der Waals surface area contributed by atoms with E-state index < -0.39 is 5.79 Å². The lowest BCUT2D eigenvalue weighted by atomic mass is 9.43. The van der Waals surface area contributed by atoms with Gasteiger partial charge >= 0.3 is 5.97 Å². The molecule has 168 valence electrons. The van der Waals surface area contributed by atoms with Crippen molar-refractivity contribution in [3.05, 3.63) is 11.6 Å². The zero-order chi connectivity index (χ0) is 21.5. The molecule has 4 unspecified atom stereocenters. The van der Waals surface area contributed by atoms with Gasteiger partial charge in [0.25, 0.3) is 0 Å². The molecule has 0 spiro atoms. The number of hydrogen-bond donors (Lipinski definition) is 1. The van der Waals surface area contributed by atoms with Gasteiger partial charge in [0.05, 0.1) is 19.3 Å². The fourth-order valence-corrected chi connectivity index (χ4v) is 8.50. The summed E-state index contributed by atoms with van der Waals surface area (Å²) in [7, 11) is 1.47. The summed E-state index contributed by atoms with van der Waals surface area (Å²) in [6.07, 6.45) is 9.89. The molecule has 0 aromatic carbocycles. The Hall–Kier alpha value is -0.910. The van der Waals surface area contributed by atoms with E-state index in [0.717, 1.165) is 32.1 Å². The second kappa shape index (κ2) is 6.79. The van der Waals surface area contributed by atoms with Crippen LogP contribution in [0.3, 0.4) is 0 Å². The fraction of sp³-hybridized carbons (Fsp3) is 0.880. The van der Waals surface area contributed by atoms with Crippen LogP contribution in [0.2, 0.25) is 0 Å². The molecule has 5 heteroatoms. The number of rotatable bonds is 1. The van der Waals surface area contributed by atoms with Crippen molar-refractivity contribution in [1.29, 1.82) is 0 Å². The molecule has 4 saturated carbocycles. The zero-order valence-corrected chi connectivity index (χ0v) is 19.3. The average Bonchev–Trinajstić information content (AvgIpc) is 3.18. The van der Waals surface area contributed by atoms with Crippen molar-refractivity contribution >= 4 is 5.97 Å². The van der Waals surface area contributed by atoms with Gasteiger partial charge in [0, 0.05) is 12.1 Å². The number of nitrogens with two attached hydrogens (primary N) is 1. The van der Waals surface area contributed by atoms with Crippen molar-refractivity contribution in [2.75, 3.05) is 7.11 Å². The molecule has 5 nitrogen and oxygen atoms in total. The molecule has 5 rings (SSSR count). The van der Waals surface area contributed by atoms with E-state index in [1.165, 1.54) is 25.5 Å². The summed E-state index contributed by atoms with van der Waals surface area (Å²) in [5, 5.41) is 0.